The molecule has 2 aliphatic rings. The third-order valence-corrected chi connectivity index (χ3v) is 4.76. The molecule has 0 aromatic heterocycles. The first kappa shape index (κ1) is 13.5. The van der Waals surface area contributed by atoms with E-state index in [1.165, 1.54) is 26.2 Å². The first-order chi connectivity index (χ1) is 8.50. The molecule has 18 heavy (non-hydrogen) atoms. The zero-order valence-electron chi connectivity index (χ0n) is 11.5. The average Bonchev–Trinajstić information content (AvgIpc) is 2.72. The number of carbonyl (C=O) groups is 1. The molecule has 100 valence electrons. The van der Waals surface area contributed by atoms with Gasteiger partial charge in [0.15, 0.2) is 0 Å². The Morgan fingerprint density at radius 2 is 2.06 bits per heavy atom. The third kappa shape index (κ3) is 2.59. The predicted octanol–water partition coefficient (Wildman–Crippen LogP) is 3.38. The molecule has 0 N–H and O–H groups in total. The highest BCUT2D eigenvalue weighted by molar-refractivity contribution is 5.84. The summed E-state index contributed by atoms with van der Waals surface area (Å²) in [5, 5.41) is 9.19. The van der Waals surface area contributed by atoms with Crippen molar-refractivity contribution < 1.29 is 9.53 Å². The first-order valence-electron chi connectivity index (χ1n) is 7.10. The van der Waals surface area contributed by atoms with Crippen molar-refractivity contribution in [1.82, 2.24) is 0 Å². The summed E-state index contributed by atoms with van der Waals surface area (Å²) in [6.45, 7) is 3.25. The van der Waals surface area contributed by atoms with Crippen LogP contribution < -0.4 is 0 Å². The number of Topliss-reactive ketones (excluding diaryl/α,β-unsaturated/α-hetero) is 1. The maximum atomic E-state index is 11.6. The molecule has 1 spiro atoms. The van der Waals surface area contributed by atoms with Crippen LogP contribution in [0.4, 0.5) is 0 Å². The van der Waals surface area contributed by atoms with Crippen molar-refractivity contribution in [3.8, 4) is 6.07 Å². The lowest BCUT2D eigenvalue weighted by Gasteiger charge is -2.34. The standard InChI is InChI=1S/C15H23NO2/c1-12(17)14(2,11-16)10-13-6-9-15(18-13)7-4-3-5-8-15/h13H,3-10H2,1-2H3. The van der Waals surface area contributed by atoms with E-state index in [1.807, 2.05) is 0 Å². The summed E-state index contributed by atoms with van der Waals surface area (Å²) < 4.78 is 6.23. The minimum atomic E-state index is -0.870. The molecule has 3 heteroatoms. The van der Waals surface area contributed by atoms with Crippen molar-refractivity contribution >= 4 is 5.78 Å². The molecular weight excluding hydrogens is 226 g/mol. The molecule has 1 heterocycles. The Bertz CT molecular complexity index is 365. The molecule has 0 radical (unpaired) electrons. The topological polar surface area (TPSA) is 50.1 Å². The Morgan fingerprint density at radius 1 is 1.39 bits per heavy atom. The number of hydrogen-bond donors (Lipinski definition) is 0. The number of carbonyl (C=O) groups excluding carboxylic acids is 1. The van der Waals surface area contributed by atoms with Crippen molar-refractivity contribution in [2.45, 2.75) is 76.9 Å². The summed E-state index contributed by atoms with van der Waals surface area (Å²) in [7, 11) is 0. The molecule has 3 nitrogen and oxygen atoms in total. The van der Waals surface area contributed by atoms with Gasteiger partial charge in [-0.1, -0.05) is 19.3 Å². The Morgan fingerprint density at radius 3 is 2.61 bits per heavy atom. The molecule has 2 unspecified atom stereocenters. The van der Waals surface area contributed by atoms with Gasteiger partial charge in [0.25, 0.3) is 0 Å². The van der Waals surface area contributed by atoms with Crippen LogP contribution in [-0.4, -0.2) is 17.5 Å². The van der Waals surface area contributed by atoms with E-state index < -0.39 is 5.41 Å². The Hall–Kier alpha value is -0.880. The maximum Gasteiger partial charge on any atom is 0.149 e. The quantitative estimate of drug-likeness (QED) is 0.770. The van der Waals surface area contributed by atoms with Crippen LogP contribution in [0.1, 0.15) is 65.2 Å². The van der Waals surface area contributed by atoms with Crippen LogP contribution in [0.15, 0.2) is 0 Å². The summed E-state index contributed by atoms with van der Waals surface area (Å²) in [6.07, 6.45) is 8.92. The Kier molecular flexibility index (Phi) is 3.77. The van der Waals surface area contributed by atoms with Crippen molar-refractivity contribution in [3.05, 3.63) is 0 Å². The molecule has 1 saturated heterocycles. The van der Waals surface area contributed by atoms with Crippen molar-refractivity contribution in [3.63, 3.8) is 0 Å². The fourth-order valence-corrected chi connectivity index (χ4v) is 3.33. The zero-order chi connectivity index (χ0) is 13.2. The second-order valence-electron chi connectivity index (χ2n) is 6.23. The lowest BCUT2D eigenvalue weighted by Crippen LogP contribution is -2.34. The van der Waals surface area contributed by atoms with E-state index in [2.05, 4.69) is 6.07 Å². The molecule has 2 fully saturated rings. The molecule has 0 bridgehead atoms. The first-order valence-corrected chi connectivity index (χ1v) is 7.10. The maximum absolute atomic E-state index is 11.6. The minimum Gasteiger partial charge on any atom is -0.372 e. The highest BCUT2D eigenvalue weighted by Crippen LogP contribution is 2.44. The van der Waals surface area contributed by atoms with Crippen molar-refractivity contribution in [1.29, 1.82) is 5.26 Å². The largest absolute Gasteiger partial charge is 0.372 e. The summed E-state index contributed by atoms with van der Waals surface area (Å²) in [5.74, 6) is -0.0433. The molecule has 1 aliphatic carbocycles. The van der Waals surface area contributed by atoms with Crippen LogP contribution >= 0.6 is 0 Å². The Balaban J connectivity index is 1.97. The van der Waals surface area contributed by atoms with E-state index >= 15 is 0 Å². The monoisotopic (exact) mass is 249 g/mol. The summed E-state index contributed by atoms with van der Waals surface area (Å²) >= 11 is 0. The lowest BCUT2D eigenvalue weighted by atomic mass is 9.81. The van der Waals surface area contributed by atoms with Crippen LogP contribution in [0.2, 0.25) is 0 Å². The van der Waals surface area contributed by atoms with E-state index in [0.717, 1.165) is 25.7 Å². The zero-order valence-corrected chi connectivity index (χ0v) is 11.5. The number of ether oxygens (including phenoxy) is 1. The van der Waals surface area contributed by atoms with E-state index in [0.29, 0.717) is 6.42 Å². The molecule has 2 rings (SSSR count). The second kappa shape index (κ2) is 5.01. The van der Waals surface area contributed by atoms with E-state index in [-0.39, 0.29) is 17.5 Å². The van der Waals surface area contributed by atoms with Gasteiger partial charge in [0, 0.05) is 0 Å². The SMILES string of the molecule is CC(=O)C(C)(C#N)CC1CCC2(CCCCC2)O1. The second-order valence-corrected chi connectivity index (χ2v) is 6.23. The van der Waals surface area contributed by atoms with Crippen LogP contribution in [0.3, 0.4) is 0 Å². The van der Waals surface area contributed by atoms with Gasteiger partial charge in [0.05, 0.1) is 17.8 Å². The van der Waals surface area contributed by atoms with Crippen LogP contribution in [0, 0.1) is 16.7 Å². The van der Waals surface area contributed by atoms with Crippen molar-refractivity contribution in [2.24, 2.45) is 5.41 Å². The molecular formula is C15H23NO2. The summed E-state index contributed by atoms with van der Waals surface area (Å²) in [5.41, 5.74) is -0.791. The van der Waals surface area contributed by atoms with Gasteiger partial charge in [0.1, 0.15) is 11.2 Å². The molecule has 0 aromatic carbocycles. The van der Waals surface area contributed by atoms with Crippen LogP contribution in [0.5, 0.6) is 0 Å². The smallest absolute Gasteiger partial charge is 0.149 e. The number of nitrogens with zero attached hydrogens (tertiary/aromatic N) is 1. The molecule has 0 aromatic rings. The van der Waals surface area contributed by atoms with E-state index in [9.17, 15) is 10.1 Å². The Labute approximate surface area is 110 Å². The predicted molar refractivity (Wildman–Crippen MR) is 68.9 cm³/mol. The van der Waals surface area contributed by atoms with Gasteiger partial charge >= 0.3 is 0 Å². The van der Waals surface area contributed by atoms with Gasteiger partial charge in [-0.2, -0.15) is 5.26 Å². The van der Waals surface area contributed by atoms with Crippen LogP contribution in [0.25, 0.3) is 0 Å². The fraction of sp³-hybridized carbons (Fsp3) is 0.867. The molecule has 2 atom stereocenters. The average molecular weight is 249 g/mol. The number of rotatable bonds is 3. The van der Waals surface area contributed by atoms with Gasteiger partial charge in [-0.25, -0.2) is 0 Å². The van der Waals surface area contributed by atoms with Gasteiger partial charge < -0.3 is 4.74 Å². The molecule has 1 aliphatic heterocycles. The van der Waals surface area contributed by atoms with E-state index in [1.54, 1.807) is 6.92 Å². The molecule has 1 saturated carbocycles. The van der Waals surface area contributed by atoms with Gasteiger partial charge in [-0.3, -0.25) is 4.79 Å². The summed E-state index contributed by atoms with van der Waals surface area (Å²) in [4.78, 5) is 11.6. The van der Waals surface area contributed by atoms with Gasteiger partial charge in [-0.15, -0.1) is 0 Å². The van der Waals surface area contributed by atoms with Crippen molar-refractivity contribution in [2.75, 3.05) is 0 Å². The van der Waals surface area contributed by atoms with E-state index in [4.69, 9.17) is 4.74 Å². The lowest BCUT2D eigenvalue weighted by molar-refractivity contribution is -0.126. The summed E-state index contributed by atoms with van der Waals surface area (Å²) in [6, 6.07) is 2.17. The third-order valence-electron chi connectivity index (χ3n) is 4.76. The fourth-order valence-electron chi connectivity index (χ4n) is 3.33. The van der Waals surface area contributed by atoms with Gasteiger partial charge in [-0.05, 0) is 46.0 Å². The van der Waals surface area contributed by atoms with Crippen LogP contribution in [-0.2, 0) is 9.53 Å². The molecule has 0 amide bonds. The number of ketones is 1. The minimum absolute atomic E-state index is 0.0433. The van der Waals surface area contributed by atoms with Gasteiger partial charge in [0.2, 0.25) is 0 Å². The normalized spacial score (nSPS) is 29.7. The highest BCUT2D eigenvalue weighted by Gasteiger charge is 2.44. The highest BCUT2D eigenvalue weighted by atomic mass is 16.5. The number of hydrogen-bond acceptors (Lipinski definition) is 3. The number of nitriles is 1.